The first-order valence-electron chi connectivity index (χ1n) is 6.95. The van der Waals surface area contributed by atoms with Crippen molar-refractivity contribution in [3.8, 4) is 0 Å². The Kier molecular flexibility index (Phi) is 2.94. The SMILES string of the molecule is Cc1nc2cc(NC(=O)c3ccc4[nH]ccc4c3)ccc2s1. The Morgan fingerprint density at radius 1 is 1.18 bits per heavy atom. The van der Waals surface area contributed by atoms with Crippen molar-refractivity contribution in [2.75, 3.05) is 5.32 Å². The van der Waals surface area contributed by atoms with Crippen molar-refractivity contribution in [1.29, 1.82) is 0 Å². The van der Waals surface area contributed by atoms with Crippen LogP contribution in [-0.2, 0) is 0 Å². The Balaban J connectivity index is 1.64. The van der Waals surface area contributed by atoms with Gasteiger partial charge in [-0.05, 0) is 49.4 Å². The number of carbonyl (C=O) groups excluding carboxylic acids is 1. The zero-order chi connectivity index (χ0) is 15.1. The monoisotopic (exact) mass is 307 g/mol. The molecule has 0 spiro atoms. The number of aryl methyl sites for hydroxylation is 1. The molecule has 0 fully saturated rings. The molecule has 0 atom stereocenters. The van der Waals surface area contributed by atoms with Crippen molar-refractivity contribution in [3.05, 3.63) is 59.2 Å². The van der Waals surface area contributed by atoms with E-state index >= 15 is 0 Å². The molecular weight excluding hydrogens is 294 g/mol. The number of thiazole rings is 1. The van der Waals surface area contributed by atoms with Gasteiger partial charge >= 0.3 is 0 Å². The lowest BCUT2D eigenvalue weighted by atomic mass is 10.1. The van der Waals surface area contributed by atoms with E-state index in [4.69, 9.17) is 0 Å². The van der Waals surface area contributed by atoms with Gasteiger partial charge in [0, 0.05) is 28.4 Å². The summed E-state index contributed by atoms with van der Waals surface area (Å²) in [4.78, 5) is 20.0. The molecule has 0 unspecified atom stereocenters. The van der Waals surface area contributed by atoms with Crippen LogP contribution >= 0.6 is 11.3 Å². The number of anilines is 1. The lowest BCUT2D eigenvalue weighted by Crippen LogP contribution is -2.11. The minimum absolute atomic E-state index is 0.116. The van der Waals surface area contributed by atoms with Crippen molar-refractivity contribution >= 4 is 44.1 Å². The van der Waals surface area contributed by atoms with Crippen molar-refractivity contribution in [1.82, 2.24) is 9.97 Å². The molecule has 4 rings (SSSR count). The number of aromatic amines is 1. The molecule has 0 saturated carbocycles. The molecule has 0 radical (unpaired) electrons. The first-order valence-corrected chi connectivity index (χ1v) is 7.76. The van der Waals surface area contributed by atoms with Gasteiger partial charge in [-0.1, -0.05) is 0 Å². The van der Waals surface area contributed by atoms with Crippen LogP contribution in [-0.4, -0.2) is 15.9 Å². The van der Waals surface area contributed by atoms with E-state index in [0.29, 0.717) is 5.56 Å². The second kappa shape index (κ2) is 4.96. The van der Waals surface area contributed by atoms with Crippen molar-refractivity contribution in [3.63, 3.8) is 0 Å². The van der Waals surface area contributed by atoms with Gasteiger partial charge in [-0.25, -0.2) is 4.98 Å². The van der Waals surface area contributed by atoms with E-state index in [1.54, 1.807) is 11.3 Å². The number of carbonyl (C=O) groups is 1. The smallest absolute Gasteiger partial charge is 0.255 e. The molecule has 0 aliphatic carbocycles. The lowest BCUT2D eigenvalue weighted by Gasteiger charge is -2.05. The van der Waals surface area contributed by atoms with Crippen LogP contribution in [0.4, 0.5) is 5.69 Å². The molecular formula is C17H13N3OS. The molecule has 108 valence electrons. The predicted octanol–water partition coefficient (Wildman–Crippen LogP) is 4.34. The number of benzene rings is 2. The predicted molar refractivity (Wildman–Crippen MR) is 90.6 cm³/mol. The summed E-state index contributed by atoms with van der Waals surface area (Å²) >= 11 is 1.65. The molecule has 4 nitrogen and oxygen atoms in total. The van der Waals surface area contributed by atoms with Gasteiger partial charge in [0.15, 0.2) is 0 Å². The number of hydrogen-bond acceptors (Lipinski definition) is 3. The summed E-state index contributed by atoms with van der Waals surface area (Å²) in [5.41, 5.74) is 3.34. The fraction of sp³-hybridized carbons (Fsp3) is 0.0588. The van der Waals surface area contributed by atoms with Crippen molar-refractivity contribution in [2.24, 2.45) is 0 Å². The highest BCUT2D eigenvalue weighted by molar-refractivity contribution is 7.18. The van der Waals surface area contributed by atoms with Crippen LogP contribution in [0.25, 0.3) is 21.1 Å². The minimum atomic E-state index is -0.116. The fourth-order valence-corrected chi connectivity index (χ4v) is 3.33. The summed E-state index contributed by atoms with van der Waals surface area (Å²) in [6.07, 6.45) is 1.87. The number of aromatic nitrogens is 2. The molecule has 22 heavy (non-hydrogen) atoms. The zero-order valence-corrected chi connectivity index (χ0v) is 12.7. The third kappa shape index (κ3) is 2.25. The normalized spacial score (nSPS) is 11.1. The average molecular weight is 307 g/mol. The molecule has 1 amide bonds. The number of H-pyrrole nitrogens is 1. The number of fused-ring (bicyclic) bond motifs is 2. The summed E-state index contributed by atoms with van der Waals surface area (Å²) in [5, 5.41) is 4.98. The molecule has 2 heterocycles. The summed E-state index contributed by atoms with van der Waals surface area (Å²) in [7, 11) is 0. The van der Waals surface area contributed by atoms with E-state index in [1.165, 1.54) is 0 Å². The maximum atomic E-state index is 12.4. The number of rotatable bonds is 2. The maximum Gasteiger partial charge on any atom is 0.255 e. The molecule has 0 aliphatic rings. The number of nitrogens with zero attached hydrogens (tertiary/aromatic N) is 1. The molecule has 5 heteroatoms. The van der Waals surface area contributed by atoms with Crippen LogP contribution in [0.2, 0.25) is 0 Å². The highest BCUT2D eigenvalue weighted by atomic mass is 32.1. The largest absolute Gasteiger partial charge is 0.361 e. The Bertz CT molecular complexity index is 999. The summed E-state index contributed by atoms with van der Waals surface area (Å²) in [6, 6.07) is 13.4. The lowest BCUT2D eigenvalue weighted by molar-refractivity contribution is 0.102. The molecule has 2 aromatic carbocycles. The minimum Gasteiger partial charge on any atom is -0.361 e. The van der Waals surface area contributed by atoms with Gasteiger partial charge in [-0.3, -0.25) is 4.79 Å². The Morgan fingerprint density at radius 3 is 3.00 bits per heavy atom. The molecule has 0 bridgehead atoms. The van der Waals surface area contributed by atoms with Gasteiger partial charge in [-0.15, -0.1) is 11.3 Å². The van der Waals surface area contributed by atoms with E-state index in [2.05, 4.69) is 15.3 Å². The van der Waals surface area contributed by atoms with Crippen LogP contribution in [0.15, 0.2) is 48.7 Å². The third-order valence-corrected chi connectivity index (χ3v) is 4.52. The van der Waals surface area contributed by atoms with E-state index < -0.39 is 0 Å². The van der Waals surface area contributed by atoms with Gasteiger partial charge in [0.1, 0.15) is 0 Å². The van der Waals surface area contributed by atoms with Gasteiger partial charge in [0.25, 0.3) is 5.91 Å². The number of amides is 1. The van der Waals surface area contributed by atoms with E-state index in [0.717, 1.165) is 31.8 Å². The second-order valence-corrected chi connectivity index (χ2v) is 6.38. The number of nitrogens with one attached hydrogen (secondary N) is 2. The van der Waals surface area contributed by atoms with Gasteiger partial charge < -0.3 is 10.3 Å². The number of hydrogen-bond donors (Lipinski definition) is 2. The highest BCUT2D eigenvalue weighted by Crippen LogP contribution is 2.25. The zero-order valence-electron chi connectivity index (χ0n) is 11.9. The highest BCUT2D eigenvalue weighted by Gasteiger charge is 2.09. The fourth-order valence-electron chi connectivity index (χ4n) is 2.52. The molecule has 0 aliphatic heterocycles. The Hall–Kier alpha value is -2.66. The quantitative estimate of drug-likeness (QED) is 0.579. The molecule has 2 N–H and O–H groups in total. The van der Waals surface area contributed by atoms with Crippen LogP contribution < -0.4 is 5.32 Å². The van der Waals surface area contributed by atoms with Crippen molar-refractivity contribution in [2.45, 2.75) is 6.92 Å². The standard InChI is InChI=1S/C17H13N3OS/c1-10-19-15-9-13(3-5-16(15)22-10)20-17(21)12-2-4-14-11(8-12)6-7-18-14/h2-9,18H,1H3,(H,20,21). The first-order chi connectivity index (χ1) is 10.7. The van der Waals surface area contributed by atoms with Crippen LogP contribution in [0.3, 0.4) is 0 Å². The first kappa shape index (κ1) is 13.0. The van der Waals surface area contributed by atoms with Crippen LogP contribution in [0.5, 0.6) is 0 Å². The topological polar surface area (TPSA) is 57.8 Å². The summed E-state index contributed by atoms with van der Waals surface area (Å²) in [5.74, 6) is -0.116. The van der Waals surface area contributed by atoms with Crippen LogP contribution in [0, 0.1) is 6.92 Å². The molecule has 4 aromatic rings. The third-order valence-electron chi connectivity index (χ3n) is 3.57. The van der Waals surface area contributed by atoms with Gasteiger partial charge in [0.2, 0.25) is 0 Å². The summed E-state index contributed by atoms with van der Waals surface area (Å²) in [6.45, 7) is 1.98. The molecule has 2 aromatic heterocycles. The van der Waals surface area contributed by atoms with E-state index in [-0.39, 0.29) is 5.91 Å². The van der Waals surface area contributed by atoms with Gasteiger partial charge in [0.05, 0.1) is 15.2 Å². The Morgan fingerprint density at radius 2 is 2.09 bits per heavy atom. The maximum absolute atomic E-state index is 12.4. The molecule has 0 saturated heterocycles. The van der Waals surface area contributed by atoms with Crippen molar-refractivity contribution < 1.29 is 4.79 Å². The van der Waals surface area contributed by atoms with Crippen LogP contribution in [0.1, 0.15) is 15.4 Å². The van der Waals surface area contributed by atoms with E-state index in [9.17, 15) is 4.79 Å². The Labute approximate surface area is 130 Å². The second-order valence-electron chi connectivity index (χ2n) is 5.15. The van der Waals surface area contributed by atoms with Gasteiger partial charge in [-0.2, -0.15) is 0 Å². The van der Waals surface area contributed by atoms with E-state index in [1.807, 2.05) is 55.6 Å². The average Bonchev–Trinajstić information content (AvgIpc) is 3.10. The summed E-state index contributed by atoms with van der Waals surface area (Å²) < 4.78 is 1.13.